The number of amides is 1. The van der Waals surface area contributed by atoms with Crippen molar-refractivity contribution in [2.75, 3.05) is 21.3 Å². The smallest absolute Gasteiger partial charge is 0.252 e. The summed E-state index contributed by atoms with van der Waals surface area (Å²) in [5.41, 5.74) is 2.16. The average Bonchev–Trinajstić information content (AvgIpc) is 2.66. The highest BCUT2D eigenvalue weighted by molar-refractivity contribution is 5.96. The third kappa shape index (κ3) is 3.86. The second-order valence-corrected chi connectivity index (χ2v) is 7.55. The number of hydrogen-bond donors (Lipinski definition) is 1. The van der Waals surface area contributed by atoms with Crippen molar-refractivity contribution in [2.45, 2.75) is 38.8 Å². The number of benzene rings is 2. The molecule has 0 aromatic heterocycles. The first-order valence-electron chi connectivity index (χ1n) is 9.18. The Labute approximate surface area is 165 Å². The minimum absolute atomic E-state index is 0.162. The number of fused-ring (bicyclic) bond motifs is 1. The van der Waals surface area contributed by atoms with Crippen LogP contribution in [0.25, 0.3) is 0 Å². The van der Waals surface area contributed by atoms with Crippen molar-refractivity contribution in [3.05, 3.63) is 47.0 Å². The first kappa shape index (κ1) is 19.9. The molecule has 2 aromatic rings. The molecule has 0 spiro atoms. The molecule has 3 rings (SSSR count). The summed E-state index contributed by atoms with van der Waals surface area (Å²) in [4.78, 5) is 13.1. The van der Waals surface area contributed by atoms with Crippen molar-refractivity contribution in [2.24, 2.45) is 0 Å². The molecule has 1 amide bonds. The maximum Gasteiger partial charge on any atom is 0.252 e. The molecule has 0 saturated carbocycles. The monoisotopic (exact) mass is 385 g/mol. The van der Waals surface area contributed by atoms with Gasteiger partial charge in [-0.3, -0.25) is 4.79 Å². The molecule has 0 bridgehead atoms. The Morgan fingerprint density at radius 1 is 1.07 bits per heavy atom. The molecular formula is C22H27NO5. The summed E-state index contributed by atoms with van der Waals surface area (Å²) in [6.45, 7) is 6.07. The second kappa shape index (κ2) is 7.62. The van der Waals surface area contributed by atoms with Gasteiger partial charge in [0.15, 0.2) is 11.5 Å². The third-order valence-corrected chi connectivity index (χ3v) is 4.85. The Morgan fingerprint density at radius 2 is 1.71 bits per heavy atom. The summed E-state index contributed by atoms with van der Waals surface area (Å²) in [6.07, 6.45) is 0.666. The molecule has 0 fully saturated rings. The van der Waals surface area contributed by atoms with E-state index in [-0.39, 0.29) is 17.6 Å². The molecule has 1 aliphatic heterocycles. The standard InChI is InChI=1S/C22H27NO5/c1-13-7-8-17-15(9-13)16(12-22(2,3)28-17)23-21(24)14-10-18(25-4)20(27-6)19(11-14)26-5/h7-11,16H,12H2,1-6H3,(H,23,24)/t16-/m0/s1. The van der Waals surface area contributed by atoms with Crippen molar-refractivity contribution in [1.82, 2.24) is 5.32 Å². The number of rotatable bonds is 5. The molecule has 1 atom stereocenters. The number of carbonyl (C=O) groups excluding carboxylic acids is 1. The molecule has 0 aliphatic carbocycles. The number of ether oxygens (including phenoxy) is 4. The predicted octanol–water partition coefficient (Wildman–Crippen LogP) is 4.05. The number of aryl methyl sites for hydroxylation is 1. The molecule has 1 aliphatic rings. The Balaban J connectivity index is 1.94. The SMILES string of the molecule is COc1cc(C(=O)N[C@H]2CC(C)(C)Oc3ccc(C)cc32)cc(OC)c1OC. The van der Waals surface area contributed by atoms with E-state index >= 15 is 0 Å². The van der Waals surface area contributed by atoms with Crippen molar-refractivity contribution in [3.8, 4) is 23.0 Å². The normalized spacial score (nSPS) is 17.1. The second-order valence-electron chi connectivity index (χ2n) is 7.55. The lowest BCUT2D eigenvalue weighted by molar-refractivity contribution is 0.0619. The van der Waals surface area contributed by atoms with Crippen molar-refractivity contribution < 1.29 is 23.7 Å². The lowest BCUT2D eigenvalue weighted by atomic mass is 9.88. The predicted molar refractivity (Wildman–Crippen MR) is 107 cm³/mol. The molecule has 6 nitrogen and oxygen atoms in total. The third-order valence-electron chi connectivity index (χ3n) is 4.85. The molecule has 0 radical (unpaired) electrons. The summed E-state index contributed by atoms with van der Waals surface area (Å²) in [5, 5.41) is 3.14. The summed E-state index contributed by atoms with van der Waals surface area (Å²) < 4.78 is 22.1. The van der Waals surface area contributed by atoms with Crippen LogP contribution in [0, 0.1) is 6.92 Å². The molecule has 6 heteroatoms. The topological polar surface area (TPSA) is 66.0 Å². The van der Waals surface area contributed by atoms with E-state index in [1.807, 2.05) is 32.9 Å². The minimum Gasteiger partial charge on any atom is -0.493 e. The van der Waals surface area contributed by atoms with Gasteiger partial charge < -0.3 is 24.3 Å². The van der Waals surface area contributed by atoms with Crippen LogP contribution >= 0.6 is 0 Å². The highest BCUT2D eigenvalue weighted by atomic mass is 16.5. The van der Waals surface area contributed by atoms with Crippen molar-refractivity contribution in [1.29, 1.82) is 0 Å². The minimum atomic E-state index is -0.379. The fourth-order valence-corrected chi connectivity index (χ4v) is 3.56. The van der Waals surface area contributed by atoms with Crippen molar-refractivity contribution in [3.63, 3.8) is 0 Å². The van der Waals surface area contributed by atoms with Gasteiger partial charge in [0, 0.05) is 17.5 Å². The van der Waals surface area contributed by atoms with Gasteiger partial charge in [0.25, 0.3) is 5.91 Å². The van der Waals surface area contributed by atoms with Crippen LogP contribution in [-0.2, 0) is 0 Å². The summed E-state index contributed by atoms with van der Waals surface area (Å²) >= 11 is 0. The summed E-state index contributed by atoms with van der Waals surface area (Å²) in [7, 11) is 4.58. The Bertz CT molecular complexity index is 865. The van der Waals surface area contributed by atoms with E-state index in [2.05, 4.69) is 11.4 Å². The molecule has 1 N–H and O–H groups in total. The Hall–Kier alpha value is -2.89. The van der Waals surface area contributed by atoms with Crippen LogP contribution in [-0.4, -0.2) is 32.8 Å². The summed E-state index contributed by atoms with van der Waals surface area (Å²) in [6, 6.07) is 9.18. The zero-order valence-corrected chi connectivity index (χ0v) is 17.2. The van der Waals surface area contributed by atoms with Crippen LogP contribution in [0.4, 0.5) is 0 Å². The zero-order valence-electron chi connectivity index (χ0n) is 17.2. The molecule has 28 heavy (non-hydrogen) atoms. The van der Waals surface area contributed by atoms with E-state index in [0.29, 0.717) is 29.2 Å². The molecule has 1 heterocycles. The highest BCUT2D eigenvalue weighted by Crippen LogP contribution is 2.41. The van der Waals surface area contributed by atoms with E-state index in [9.17, 15) is 4.79 Å². The van der Waals surface area contributed by atoms with Crippen LogP contribution in [0.2, 0.25) is 0 Å². The quantitative estimate of drug-likeness (QED) is 0.841. The Kier molecular flexibility index (Phi) is 5.40. The van der Waals surface area contributed by atoms with Crippen LogP contribution in [0.15, 0.2) is 30.3 Å². The van der Waals surface area contributed by atoms with E-state index in [4.69, 9.17) is 18.9 Å². The summed E-state index contributed by atoms with van der Waals surface area (Å²) in [5.74, 6) is 1.92. The first-order valence-corrected chi connectivity index (χ1v) is 9.18. The van der Waals surface area contributed by atoms with Gasteiger partial charge in [0.2, 0.25) is 5.75 Å². The van der Waals surface area contributed by atoms with E-state index in [0.717, 1.165) is 16.9 Å². The van der Waals surface area contributed by atoms with Crippen LogP contribution < -0.4 is 24.3 Å². The van der Waals surface area contributed by atoms with Crippen LogP contribution in [0.5, 0.6) is 23.0 Å². The lowest BCUT2D eigenvalue weighted by Gasteiger charge is -2.38. The molecule has 0 saturated heterocycles. The fraction of sp³-hybridized carbons (Fsp3) is 0.409. The van der Waals surface area contributed by atoms with Gasteiger partial charge in [0.05, 0.1) is 27.4 Å². The van der Waals surface area contributed by atoms with Gasteiger partial charge in [0.1, 0.15) is 11.4 Å². The molecule has 150 valence electrons. The largest absolute Gasteiger partial charge is 0.493 e. The number of methoxy groups -OCH3 is 3. The van der Waals surface area contributed by atoms with E-state index in [1.54, 1.807) is 12.1 Å². The van der Waals surface area contributed by atoms with Gasteiger partial charge in [-0.15, -0.1) is 0 Å². The molecular weight excluding hydrogens is 358 g/mol. The van der Waals surface area contributed by atoms with Gasteiger partial charge in [-0.1, -0.05) is 17.7 Å². The number of hydrogen-bond acceptors (Lipinski definition) is 5. The maximum absolute atomic E-state index is 13.1. The maximum atomic E-state index is 13.1. The average molecular weight is 385 g/mol. The van der Waals surface area contributed by atoms with Gasteiger partial charge >= 0.3 is 0 Å². The number of carbonyl (C=O) groups is 1. The number of nitrogens with one attached hydrogen (secondary N) is 1. The lowest BCUT2D eigenvalue weighted by Crippen LogP contribution is -2.41. The van der Waals surface area contributed by atoms with Gasteiger partial charge in [-0.2, -0.15) is 0 Å². The fourth-order valence-electron chi connectivity index (χ4n) is 3.56. The van der Waals surface area contributed by atoms with Crippen LogP contribution in [0.3, 0.4) is 0 Å². The van der Waals surface area contributed by atoms with Crippen molar-refractivity contribution >= 4 is 5.91 Å². The van der Waals surface area contributed by atoms with E-state index < -0.39 is 0 Å². The van der Waals surface area contributed by atoms with Gasteiger partial charge in [-0.25, -0.2) is 0 Å². The van der Waals surface area contributed by atoms with Crippen LogP contribution in [0.1, 0.15) is 47.8 Å². The van der Waals surface area contributed by atoms with E-state index in [1.165, 1.54) is 21.3 Å². The van der Waals surface area contributed by atoms with Gasteiger partial charge in [-0.05, 0) is 39.0 Å². The Morgan fingerprint density at radius 3 is 2.29 bits per heavy atom. The first-order chi connectivity index (χ1) is 13.3. The zero-order chi connectivity index (χ0) is 20.5. The highest BCUT2D eigenvalue weighted by Gasteiger charge is 2.35. The molecule has 2 aromatic carbocycles. The molecule has 0 unspecified atom stereocenters.